The molecule has 0 spiro atoms. The molecule has 0 saturated carbocycles. The number of amides is 1. The molecule has 1 aliphatic heterocycles. The fourth-order valence-electron chi connectivity index (χ4n) is 2.71. The highest BCUT2D eigenvalue weighted by molar-refractivity contribution is 7.91. The van der Waals surface area contributed by atoms with E-state index in [1.807, 2.05) is 24.3 Å². The second kappa shape index (κ2) is 8.05. The van der Waals surface area contributed by atoms with Crippen LogP contribution >= 0.6 is 11.6 Å². The second-order valence-corrected chi connectivity index (χ2v) is 8.92. The third kappa shape index (κ3) is 4.95. The Morgan fingerprint density at radius 1 is 1.12 bits per heavy atom. The monoisotopic (exact) mass is 393 g/mol. The predicted octanol–water partition coefficient (Wildman–Crippen LogP) is 2.26. The molecule has 2 aromatic rings. The number of anilines is 1. The van der Waals surface area contributed by atoms with E-state index < -0.39 is 9.84 Å². The Balaban J connectivity index is 1.51. The van der Waals surface area contributed by atoms with Crippen molar-refractivity contribution in [2.24, 2.45) is 0 Å². The van der Waals surface area contributed by atoms with Gasteiger partial charge < -0.3 is 10.2 Å². The molecule has 0 bridgehead atoms. The highest BCUT2D eigenvalue weighted by atomic mass is 35.5. The first kappa shape index (κ1) is 18.7. The molecule has 8 heteroatoms. The highest BCUT2D eigenvalue weighted by Gasteiger charge is 2.25. The number of aromatic nitrogens is 1. The van der Waals surface area contributed by atoms with E-state index in [1.165, 1.54) is 11.8 Å². The summed E-state index contributed by atoms with van der Waals surface area (Å²) in [7, 11) is -3.00. The van der Waals surface area contributed by atoms with Crippen LogP contribution in [-0.2, 0) is 16.3 Å². The van der Waals surface area contributed by atoms with Crippen LogP contribution in [0.1, 0.15) is 15.9 Å². The third-order valence-electron chi connectivity index (χ3n) is 4.28. The number of nitrogens with one attached hydrogen (secondary N) is 1. The Morgan fingerprint density at radius 3 is 2.42 bits per heavy atom. The average molecular weight is 394 g/mol. The van der Waals surface area contributed by atoms with Crippen LogP contribution in [0.15, 0.2) is 42.6 Å². The number of sulfone groups is 1. The first-order chi connectivity index (χ1) is 12.4. The summed E-state index contributed by atoms with van der Waals surface area (Å²) >= 11 is 5.87. The molecule has 1 aliphatic rings. The molecule has 1 N–H and O–H groups in total. The van der Waals surface area contributed by atoms with Gasteiger partial charge in [0, 0.05) is 30.9 Å². The Kier molecular flexibility index (Phi) is 5.78. The zero-order valence-electron chi connectivity index (χ0n) is 14.2. The van der Waals surface area contributed by atoms with Gasteiger partial charge in [0.05, 0.1) is 17.1 Å². The molecular formula is C18H20ClN3O3S. The number of rotatable bonds is 5. The molecule has 138 valence electrons. The van der Waals surface area contributed by atoms with Gasteiger partial charge in [-0.05, 0) is 36.2 Å². The molecule has 3 rings (SSSR count). The largest absolute Gasteiger partial charge is 0.370 e. The summed E-state index contributed by atoms with van der Waals surface area (Å²) in [5.41, 5.74) is 1.64. The molecule has 2 heterocycles. The number of hydrogen-bond acceptors (Lipinski definition) is 5. The van der Waals surface area contributed by atoms with Crippen LogP contribution < -0.4 is 5.32 Å². The molecule has 1 saturated heterocycles. The second-order valence-electron chi connectivity index (χ2n) is 6.18. The van der Waals surface area contributed by atoms with E-state index in [-0.39, 0.29) is 30.5 Å². The lowest BCUT2D eigenvalue weighted by Gasteiger charge is -2.26. The van der Waals surface area contributed by atoms with Gasteiger partial charge in [-0.25, -0.2) is 13.4 Å². The fourth-order valence-corrected chi connectivity index (χ4v) is 4.04. The van der Waals surface area contributed by atoms with Crippen molar-refractivity contribution in [2.45, 2.75) is 6.42 Å². The van der Waals surface area contributed by atoms with Gasteiger partial charge >= 0.3 is 0 Å². The molecule has 0 aliphatic carbocycles. The maximum Gasteiger partial charge on any atom is 0.255 e. The number of hydrogen-bond donors (Lipinski definition) is 1. The average Bonchev–Trinajstić information content (AvgIpc) is 2.63. The van der Waals surface area contributed by atoms with Crippen LogP contribution in [0.4, 0.5) is 5.82 Å². The summed E-state index contributed by atoms with van der Waals surface area (Å²) in [5.74, 6) is 0.560. The molecule has 0 unspecified atom stereocenters. The Labute approximate surface area is 158 Å². The van der Waals surface area contributed by atoms with Crippen molar-refractivity contribution in [3.05, 3.63) is 58.7 Å². The minimum atomic E-state index is -3.00. The van der Waals surface area contributed by atoms with E-state index in [1.54, 1.807) is 17.0 Å². The summed E-state index contributed by atoms with van der Waals surface area (Å²) in [6.07, 6.45) is 2.36. The van der Waals surface area contributed by atoms with Crippen molar-refractivity contribution in [2.75, 3.05) is 36.5 Å². The van der Waals surface area contributed by atoms with E-state index in [0.29, 0.717) is 17.9 Å². The Hall–Kier alpha value is -2.12. The standard InChI is InChI=1S/C18H20ClN3O3S/c19-16-4-1-14(2-5-16)7-8-20-17-6-3-15(13-21-17)18(23)22-9-11-26(24,25)12-10-22/h1-6,13H,7-12H2,(H,20,21). The number of pyridine rings is 1. The summed E-state index contributed by atoms with van der Waals surface area (Å²) < 4.78 is 22.9. The third-order valence-corrected chi connectivity index (χ3v) is 6.14. The van der Waals surface area contributed by atoms with Gasteiger partial charge in [-0.2, -0.15) is 0 Å². The highest BCUT2D eigenvalue weighted by Crippen LogP contribution is 2.13. The molecule has 1 fully saturated rings. The van der Waals surface area contributed by atoms with E-state index in [0.717, 1.165) is 11.4 Å². The molecule has 1 amide bonds. The lowest BCUT2D eigenvalue weighted by atomic mass is 10.1. The molecule has 1 aromatic carbocycles. The van der Waals surface area contributed by atoms with Crippen LogP contribution in [0.25, 0.3) is 0 Å². The van der Waals surface area contributed by atoms with Crippen LogP contribution in [0, 0.1) is 0 Å². The Morgan fingerprint density at radius 2 is 1.81 bits per heavy atom. The van der Waals surface area contributed by atoms with Gasteiger partial charge in [0.1, 0.15) is 5.82 Å². The van der Waals surface area contributed by atoms with Crippen LogP contribution in [0.3, 0.4) is 0 Å². The van der Waals surface area contributed by atoms with Gasteiger partial charge in [0.2, 0.25) is 0 Å². The number of halogens is 1. The minimum Gasteiger partial charge on any atom is -0.370 e. The zero-order chi connectivity index (χ0) is 18.6. The molecule has 1 aromatic heterocycles. The molecule has 0 atom stereocenters. The topological polar surface area (TPSA) is 79.4 Å². The van der Waals surface area contributed by atoms with Crippen molar-refractivity contribution in [1.82, 2.24) is 9.88 Å². The van der Waals surface area contributed by atoms with Gasteiger partial charge in [0.25, 0.3) is 5.91 Å². The van der Waals surface area contributed by atoms with Gasteiger partial charge in [-0.1, -0.05) is 23.7 Å². The smallest absolute Gasteiger partial charge is 0.255 e. The molecular weight excluding hydrogens is 374 g/mol. The minimum absolute atomic E-state index is 0.0243. The predicted molar refractivity (Wildman–Crippen MR) is 102 cm³/mol. The summed E-state index contributed by atoms with van der Waals surface area (Å²) in [5, 5.41) is 3.93. The number of carbonyl (C=O) groups is 1. The summed E-state index contributed by atoms with van der Waals surface area (Å²) in [4.78, 5) is 18.2. The SMILES string of the molecule is O=C(c1ccc(NCCc2ccc(Cl)cc2)nc1)N1CCS(=O)(=O)CC1. The number of benzene rings is 1. The van der Waals surface area contributed by atoms with Gasteiger partial charge in [-0.3, -0.25) is 4.79 Å². The number of carbonyl (C=O) groups excluding carboxylic acids is 1. The van der Waals surface area contributed by atoms with Crippen molar-refractivity contribution in [1.29, 1.82) is 0 Å². The first-order valence-corrected chi connectivity index (χ1v) is 10.6. The maximum atomic E-state index is 12.4. The summed E-state index contributed by atoms with van der Waals surface area (Å²) in [6, 6.07) is 11.2. The van der Waals surface area contributed by atoms with Crippen molar-refractivity contribution < 1.29 is 13.2 Å². The van der Waals surface area contributed by atoms with E-state index >= 15 is 0 Å². The van der Waals surface area contributed by atoms with Crippen LogP contribution in [0.2, 0.25) is 5.02 Å². The lowest BCUT2D eigenvalue weighted by molar-refractivity contribution is 0.0770. The van der Waals surface area contributed by atoms with E-state index in [4.69, 9.17) is 11.6 Å². The number of nitrogens with zero attached hydrogens (tertiary/aromatic N) is 2. The Bertz CT molecular complexity index is 854. The summed E-state index contributed by atoms with van der Waals surface area (Å²) in [6.45, 7) is 1.19. The van der Waals surface area contributed by atoms with Crippen molar-refractivity contribution >= 4 is 33.2 Å². The van der Waals surface area contributed by atoms with E-state index in [9.17, 15) is 13.2 Å². The quantitative estimate of drug-likeness (QED) is 0.842. The normalized spacial score (nSPS) is 16.3. The maximum absolute atomic E-state index is 12.4. The zero-order valence-corrected chi connectivity index (χ0v) is 15.8. The van der Waals surface area contributed by atoms with Gasteiger partial charge in [0.15, 0.2) is 9.84 Å². The van der Waals surface area contributed by atoms with Crippen LogP contribution in [-0.4, -0.2) is 55.3 Å². The lowest BCUT2D eigenvalue weighted by Crippen LogP contribution is -2.43. The van der Waals surface area contributed by atoms with Crippen molar-refractivity contribution in [3.8, 4) is 0 Å². The van der Waals surface area contributed by atoms with Gasteiger partial charge in [-0.15, -0.1) is 0 Å². The molecule has 6 nitrogen and oxygen atoms in total. The molecule has 0 radical (unpaired) electrons. The van der Waals surface area contributed by atoms with Crippen LogP contribution in [0.5, 0.6) is 0 Å². The fraction of sp³-hybridized carbons (Fsp3) is 0.333. The van der Waals surface area contributed by atoms with E-state index in [2.05, 4.69) is 10.3 Å². The first-order valence-electron chi connectivity index (χ1n) is 8.37. The molecule has 26 heavy (non-hydrogen) atoms. The van der Waals surface area contributed by atoms with Crippen molar-refractivity contribution in [3.63, 3.8) is 0 Å².